The summed E-state index contributed by atoms with van der Waals surface area (Å²) >= 11 is 0. The molecule has 0 aliphatic carbocycles. The lowest BCUT2D eigenvalue weighted by atomic mass is 9.94. The number of carbonyl (C=O) groups excluding carboxylic acids is 1. The van der Waals surface area contributed by atoms with Gasteiger partial charge in [0, 0.05) is 0 Å². The van der Waals surface area contributed by atoms with Crippen molar-refractivity contribution >= 4 is 5.97 Å². The molecule has 51 valence electrons. The summed E-state index contributed by atoms with van der Waals surface area (Å²) in [5, 5.41) is 10.2. The van der Waals surface area contributed by atoms with Crippen LogP contribution in [0.5, 0.6) is 0 Å². The Morgan fingerprint density at radius 2 is 1.89 bits per heavy atom. The van der Waals surface area contributed by atoms with Crippen molar-refractivity contribution in [1.82, 2.24) is 0 Å². The second-order valence-electron chi connectivity index (χ2n) is 2.51. The van der Waals surface area contributed by atoms with E-state index in [0.717, 1.165) is 0 Å². The third kappa shape index (κ3) is 2.31. The van der Waals surface area contributed by atoms with E-state index in [4.69, 9.17) is 0 Å². The Labute approximate surface area is 55.2 Å². The van der Waals surface area contributed by atoms with Crippen molar-refractivity contribution in [1.29, 1.82) is 0 Å². The zero-order chi connectivity index (χ0) is 7.49. The topological polar surface area (TPSA) is 37.0 Å². The molecule has 0 aliphatic heterocycles. The maximum Gasteiger partial charge on any atom is 0.364 e. The zero-order valence-electron chi connectivity index (χ0n) is 5.97. The SMILES string of the molecule is C/C=C/C(C)(C)C([O])=O. The van der Waals surface area contributed by atoms with Crippen LogP contribution < -0.4 is 0 Å². The highest BCUT2D eigenvalue weighted by Gasteiger charge is 2.24. The molecular weight excluding hydrogens is 116 g/mol. The highest BCUT2D eigenvalue weighted by atomic mass is 16.4. The Hall–Kier alpha value is -0.790. The maximum atomic E-state index is 10.2. The highest BCUT2D eigenvalue weighted by Crippen LogP contribution is 2.16. The van der Waals surface area contributed by atoms with Gasteiger partial charge in [-0.25, -0.2) is 9.90 Å². The lowest BCUT2D eigenvalue weighted by Gasteiger charge is -2.09. The normalized spacial score (nSPS) is 12.3. The van der Waals surface area contributed by atoms with Crippen LogP contribution in [0.3, 0.4) is 0 Å². The van der Waals surface area contributed by atoms with Crippen LogP contribution in [0, 0.1) is 5.41 Å². The first-order chi connectivity index (χ1) is 4.00. The van der Waals surface area contributed by atoms with E-state index in [2.05, 4.69) is 0 Å². The molecule has 0 aromatic rings. The molecule has 2 nitrogen and oxygen atoms in total. The van der Waals surface area contributed by atoms with Gasteiger partial charge < -0.3 is 0 Å². The van der Waals surface area contributed by atoms with E-state index in [0.29, 0.717) is 0 Å². The quantitative estimate of drug-likeness (QED) is 0.518. The van der Waals surface area contributed by atoms with Crippen LogP contribution in [0.15, 0.2) is 12.2 Å². The molecule has 2 heteroatoms. The van der Waals surface area contributed by atoms with Crippen LogP contribution in [0.1, 0.15) is 20.8 Å². The molecule has 0 unspecified atom stereocenters. The van der Waals surface area contributed by atoms with E-state index < -0.39 is 11.4 Å². The average molecular weight is 127 g/mol. The van der Waals surface area contributed by atoms with E-state index in [1.54, 1.807) is 32.9 Å². The monoisotopic (exact) mass is 127 g/mol. The van der Waals surface area contributed by atoms with Gasteiger partial charge in [0.05, 0.1) is 5.41 Å². The van der Waals surface area contributed by atoms with Crippen molar-refractivity contribution in [3.05, 3.63) is 12.2 Å². The summed E-state index contributed by atoms with van der Waals surface area (Å²) in [5.41, 5.74) is -0.825. The summed E-state index contributed by atoms with van der Waals surface area (Å²) in [5.74, 6) is -1.04. The minimum atomic E-state index is -1.04. The fourth-order valence-electron chi connectivity index (χ4n) is 0.485. The number of carbonyl (C=O) groups is 1. The first-order valence-electron chi connectivity index (χ1n) is 2.86. The molecule has 0 aromatic heterocycles. The molecule has 0 spiro atoms. The van der Waals surface area contributed by atoms with Crippen LogP contribution in [0.2, 0.25) is 0 Å². The van der Waals surface area contributed by atoms with E-state index in [1.165, 1.54) is 0 Å². The maximum absolute atomic E-state index is 10.2. The van der Waals surface area contributed by atoms with E-state index in [1.807, 2.05) is 0 Å². The Bertz CT molecular complexity index is 134. The van der Waals surface area contributed by atoms with Crippen molar-refractivity contribution < 1.29 is 9.90 Å². The first-order valence-corrected chi connectivity index (χ1v) is 2.86. The molecule has 1 radical (unpaired) electrons. The second-order valence-corrected chi connectivity index (χ2v) is 2.51. The fourth-order valence-corrected chi connectivity index (χ4v) is 0.485. The third-order valence-corrected chi connectivity index (χ3v) is 1.11. The molecule has 0 atom stereocenters. The number of rotatable bonds is 2. The van der Waals surface area contributed by atoms with Gasteiger partial charge in [-0.2, -0.15) is 0 Å². The summed E-state index contributed by atoms with van der Waals surface area (Å²) in [6.07, 6.45) is 3.30. The number of hydrogen-bond donors (Lipinski definition) is 0. The van der Waals surface area contributed by atoms with Crippen LogP contribution in [-0.2, 0) is 9.90 Å². The van der Waals surface area contributed by atoms with Gasteiger partial charge in [-0.3, -0.25) is 0 Å². The van der Waals surface area contributed by atoms with Gasteiger partial charge in [0.2, 0.25) is 0 Å². The average Bonchev–Trinajstić information content (AvgIpc) is 1.65. The predicted molar refractivity (Wildman–Crippen MR) is 34.3 cm³/mol. The Kier molecular flexibility index (Phi) is 2.43. The molecule has 0 heterocycles. The Morgan fingerprint density at radius 1 is 1.44 bits per heavy atom. The molecule has 9 heavy (non-hydrogen) atoms. The minimum absolute atomic E-state index is 0.825. The molecule has 0 amide bonds. The largest absolute Gasteiger partial charge is 0.364 e. The summed E-state index contributed by atoms with van der Waals surface area (Å²) < 4.78 is 0. The molecule has 0 aliphatic rings. The van der Waals surface area contributed by atoms with Gasteiger partial charge in [-0.1, -0.05) is 12.2 Å². The van der Waals surface area contributed by atoms with Gasteiger partial charge in [-0.15, -0.1) is 0 Å². The standard InChI is InChI=1S/C7H11O2/c1-4-5-7(2,3)6(8)9/h4-5H,1-3H3/b5-4+. The molecule has 0 fully saturated rings. The van der Waals surface area contributed by atoms with Crippen molar-refractivity contribution in [3.8, 4) is 0 Å². The minimum Gasteiger partial charge on any atom is -0.246 e. The molecule has 0 rings (SSSR count). The Balaban J connectivity index is 4.19. The molecule has 0 saturated carbocycles. The van der Waals surface area contributed by atoms with Gasteiger partial charge in [0.15, 0.2) is 0 Å². The summed E-state index contributed by atoms with van der Waals surface area (Å²) in [4.78, 5) is 10.2. The van der Waals surface area contributed by atoms with E-state index in [9.17, 15) is 9.90 Å². The van der Waals surface area contributed by atoms with Gasteiger partial charge in [0.25, 0.3) is 0 Å². The zero-order valence-corrected chi connectivity index (χ0v) is 5.97. The second kappa shape index (κ2) is 2.67. The van der Waals surface area contributed by atoms with Gasteiger partial charge in [-0.05, 0) is 20.8 Å². The Morgan fingerprint density at radius 3 is 2.00 bits per heavy atom. The third-order valence-electron chi connectivity index (χ3n) is 1.11. The molecule has 0 saturated heterocycles. The fraction of sp³-hybridized carbons (Fsp3) is 0.571. The predicted octanol–water partition coefficient (Wildman–Crippen LogP) is 1.55. The van der Waals surface area contributed by atoms with Crippen molar-refractivity contribution in [2.45, 2.75) is 20.8 Å². The lowest BCUT2D eigenvalue weighted by molar-refractivity contribution is -0.150. The van der Waals surface area contributed by atoms with Crippen molar-refractivity contribution in [3.63, 3.8) is 0 Å². The van der Waals surface area contributed by atoms with E-state index >= 15 is 0 Å². The summed E-state index contributed by atoms with van der Waals surface area (Å²) in [7, 11) is 0. The summed E-state index contributed by atoms with van der Waals surface area (Å²) in [6.45, 7) is 4.98. The molecular formula is C7H11O2. The van der Waals surface area contributed by atoms with E-state index in [-0.39, 0.29) is 0 Å². The molecule has 0 aromatic carbocycles. The van der Waals surface area contributed by atoms with Gasteiger partial charge in [0.1, 0.15) is 0 Å². The van der Waals surface area contributed by atoms with Crippen molar-refractivity contribution in [2.24, 2.45) is 5.41 Å². The van der Waals surface area contributed by atoms with Crippen LogP contribution >= 0.6 is 0 Å². The first kappa shape index (κ1) is 8.21. The summed E-state index contributed by atoms with van der Waals surface area (Å²) in [6, 6.07) is 0. The van der Waals surface area contributed by atoms with Crippen LogP contribution in [0.25, 0.3) is 0 Å². The lowest BCUT2D eigenvalue weighted by Crippen LogP contribution is -2.19. The highest BCUT2D eigenvalue weighted by molar-refractivity contribution is 5.75. The van der Waals surface area contributed by atoms with Crippen molar-refractivity contribution in [2.75, 3.05) is 0 Å². The van der Waals surface area contributed by atoms with Gasteiger partial charge >= 0.3 is 5.97 Å². The molecule has 0 bridgehead atoms. The van der Waals surface area contributed by atoms with Crippen LogP contribution in [-0.4, -0.2) is 5.97 Å². The number of hydrogen-bond acceptors (Lipinski definition) is 1. The van der Waals surface area contributed by atoms with Crippen LogP contribution in [0.4, 0.5) is 0 Å². The smallest absolute Gasteiger partial charge is 0.246 e. The molecule has 0 N–H and O–H groups in total. The number of allylic oxidation sites excluding steroid dienone is 1.